The van der Waals surface area contributed by atoms with Crippen molar-refractivity contribution in [2.45, 2.75) is 45.6 Å². The zero-order chi connectivity index (χ0) is 56.2. The summed E-state index contributed by atoms with van der Waals surface area (Å²) in [5.74, 6) is -2.16. The van der Waals surface area contributed by atoms with Gasteiger partial charge in [0.15, 0.2) is 5.75 Å². The highest BCUT2D eigenvalue weighted by atomic mass is 35.5. The largest absolute Gasteiger partial charge is 0.505 e. The van der Waals surface area contributed by atoms with Crippen LogP contribution in [0.3, 0.4) is 0 Å². The molecule has 2 aromatic heterocycles. The predicted octanol–water partition coefficient (Wildman–Crippen LogP) is 3.47. The number of nitrogens with one attached hydrogen (secondary N) is 2. The van der Waals surface area contributed by atoms with Crippen molar-refractivity contribution in [2.75, 3.05) is 65.6 Å². The summed E-state index contributed by atoms with van der Waals surface area (Å²) < 4.78 is 142. The van der Waals surface area contributed by atoms with E-state index in [1.165, 1.54) is 23.6 Å². The molecular formula is C38H41Cl2N15O17S4. The Morgan fingerprint density at radius 3 is 1.37 bits per heavy atom. The normalized spacial score (nSPS) is 13.4. The van der Waals surface area contributed by atoms with Gasteiger partial charge in [0, 0.05) is 37.6 Å². The lowest BCUT2D eigenvalue weighted by Crippen LogP contribution is -2.37. The molecular weight excluding hydrogens is 1140 g/mol. The van der Waals surface area contributed by atoms with E-state index in [2.05, 4.69) is 61.0 Å². The van der Waals surface area contributed by atoms with Gasteiger partial charge in [0.2, 0.25) is 34.4 Å². The second kappa shape index (κ2) is 23.2. The van der Waals surface area contributed by atoms with Gasteiger partial charge in [0.1, 0.15) is 42.3 Å². The standard InChI is InChI=1S/C38H41Cl2N15O17S4/c1-17(58)15-55(16-18(2)59)38-47-34(40)45-36(49-38)43-21-4-6-25(74(64,65)66)23(14-21)51-53-31-27(76(70,71)72)12-19-11-26(75(67,68)69)30(29(41)28(19)32(31)60)52-50-22-13-20(3-5-24(22)73(61,62)63)42-35-44-33(39)46-37(48-35)54(7-9-56)8-10-57/h3-6,11-14,17-18,56-60H,7-10,15-16,41H2,1-2H3,(H,61,62,63)(H,64,65,66)(H,67,68,69)(H,70,71,72)(H,42,44,46,48)(H,43,45,47,49)/b52-50+,53-51+. The molecule has 0 saturated heterocycles. The van der Waals surface area contributed by atoms with Crippen LogP contribution < -0.4 is 26.2 Å². The molecule has 6 rings (SSSR count). The molecule has 0 bridgehead atoms. The molecule has 0 aliphatic carbocycles. The van der Waals surface area contributed by atoms with E-state index >= 15 is 0 Å². The number of phenolic OH excluding ortho intramolecular Hbond substituents is 1. The number of aliphatic hydroxyl groups excluding tert-OH is 4. The molecule has 32 nitrogen and oxygen atoms in total. The van der Waals surface area contributed by atoms with E-state index in [1.54, 1.807) is 0 Å². The number of hydrogen-bond acceptors (Lipinski definition) is 28. The Morgan fingerprint density at radius 1 is 0.579 bits per heavy atom. The molecule has 0 fully saturated rings. The lowest BCUT2D eigenvalue weighted by atomic mass is 10.1. The summed E-state index contributed by atoms with van der Waals surface area (Å²) in [6.07, 6.45) is -1.86. The molecule has 13 N–H and O–H groups in total. The maximum Gasteiger partial charge on any atom is 0.296 e. The van der Waals surface area contributed by atoms with Crippen molar-refractivity contribution >= 4 is 138 Å². The van der Waals surface area contributed by atoms with Gasteiger partial charge in [-0.25, -0.2) is 0 Å². The highest BCUT2D eigenvalue weighted by Gasteiger charge is 2.29. The van der Waals surface area contributed by atoms with Crippen molar-refractivity contribution in [1.29, 1.82) is 0 Å². The number of azo groups is 2. The Labute approximate surface area is 439 Å². The summed E-state index contributed by atoms with van der Waals surface area (Å²) in [4.78, 5) is 22.4. The molecule has 408 valence electrons. The Morgan fingerprint density at radius 2 is 0.974 bits per heavy atom. The van der Waals surface area contributed by atoms with Crippen molar-refractivity contribution in [1.82, 2.24) is 29.9 Å². The van der Waals surface area contributed by atoms with Crippen LogP contribution in [-0.2, 0) is 40.5 Å². The third-order valence-electron chi connectivity index (χ3n) is 9.84. The van der Waals surface area contributed by atoms with Gasteiger partial charge in [0.05, 0.1) is 36.5 Å². The molecule has 38 heteroatoms. The molecule has 2 unspecified atom stereocenters. The molecule has 4 aromatic carbocycles. The summed E-state index contributed by atoms with van der Waals surface area (Å²) in [5, 5.41) is 68.7. The van der Waals surface area contributed by atoms with E-state index in [9.17, 15) is 77.4 Å². The molecule has 2 heterocycles. The van der Waals surface area contributed by atoms with Crippen molar-refractivity contribution in [3.05, 3.63) is 59.1 Å². The van der Waals surface area contributed by atoms with Gasteiger partial charge in [-0.15, -0.1) is 20.5 Å². The maximum atomic E-state index is 12.8. The number of nitrogen functional groups attached to an aromatic ring is 1. The van der Waals surface area contributed by atoms with E-state index in [4.69, 9.17) is 28.9 Å². The number of aromatic nitrogens is 6. The van der Waals surface area contributed by atoms with E-state index in [0.717, 1.165) is 36.4 Å². The SMILES string of the molecule is CC(O)CN(CC(C)O)c1nc(Cl)nc(Nc2ccc(S(=O)(=O)O)c(/N=N/c3c(S(=O)(=O)O)cc4cc(S(=O)(=O)O)c(/N=N/c5cc(Nc6nc(Cl)nc(N(CCO)CCO)n6)ccc5S(=O)(=O)O)c(N)c4c3O)c2)n1. The van der Waals surface area contributed by atoms with Crippen LogP contribution in [0.25, 0.3) is 10.8 Å². The summed E-state index contributed by atoms with van der Waals surface area (Å²) in [6, 6.07) is 6.58. The Balaban J connectivity index is 1.49. The first-order chi connectivity index (χ1) is 35.4. The number of hydrogen-bond donors (Lipinski definition) is 12. The number of benzene rings is 4. The lowest BCUT2D eigenvalue weighted by Gasteiger charge is -2.25. The van der Waals surface area contributed by atoms with Gasteiger partial charge in [-0.3, -0.25) is 18.2 Å². The highest BCUT2D eigenvalue weighted by molar-refractivity contribution is 7.86. The monoisotopic (exact) mass is 1180 g/mol. The lowest BCUT2D eigenvalue weighted by molar-refractivity contribution is 0.177. The van der Waals surface area contributed by atoms with E-state index in [0.29, 0.717) is 12.1 Å². The van der Waals surface area contributed by atoms with Crippen LogP contribution >= 0.6 is 23.2 Å². The highest BCUT2D eigenvalue weighted by Crippen LogP contribution is 2.49. The number of phenols is 1. The number of nitrogens with zero attached hydrogens (tertiary/aromatic N) is 12. The molecule has 0 amide bonds. The van der Waals surface area contributed by atoms with Crippen molar-refractivity contribution in [3.63, 3.8) is 0 Å². The van der Waals surface area contributed by atoms with Gasteiger partial charge in [-0.2, -0.15) is 63.6 Å². The summed E-state index contributed by atoms with van der Waals surface area (Å²) in [6.45, 7) is 1.92. The average molecular weight is 1180 g/mol. The molecule has 0 aliphatic heterocycles. The number of fused-ring (bicyclic) bond motifs is 1. The quantitative estimate of drug-likeness (QED) is 0.0263. The first-order valence-corrected chi connectivity index (χ1v) is 27.5. The predicted molar refractivity (Wildman–Crippen MR) is 269 cm³/mol. The van der Waals surface area contributed by atoms with E-state index in [-0.39, 0.29) is 85.1 Å². The fourth-order valence-electron chi connectivity index (χ4n) is 6.86. The minimum atomic E-state index is -5.53. The third-order valence-corrected chi connectivity index (χ3v) is 13.7. The molecule has 0 saturated carbocycles. The second-order valence-electron chi connectivity index (χ2n) is 15.7. The van der Waals surface area contributed by atoms with Gasteiger partial charge in [-0.05, 0) is 91.0 Å². The second-order valence-corrected chi connectivity index (χ2v) is 22.0. The van der Waals surface area contributed by atoms with Crippen molar-refractivity contribution < 1.29 is 77.4 Å². The Bertz CT molecular complexity index is 3740. The first-order valence-electron chi connectivity index (χ1n) is 21.0. The topological polar surface area (TPSA) is 502 Å². The van der Waals surface area contributed by atoms with Crippen LogP contribution in [0.4, 0.5) is 63.6 Å². The minimum Gasteiger partial charge on any atom is -0.505 e. The number of aliphatic hydroxyl groups is 4. The van der Waals surface area contributed by atoms with E-state index < -0.39 is 117 Å². The van der Waals surface area contributed by atoms with Crippen LogP contribution in [0, 0.1) is 0 Å². The smallest absolute Gasteiger partial charge is 0.296 e. The number of aromatic hydroxyl groups is 1. The fourth-order valence-corrected chi connectivity index (χ4v) is 9.70. The minimum absolute atomic E-state index is 0.0456. The van der Waals surface area contributed by atoms with Crippen molar-refractivity contribution in [3.8, 4) is 5.75 Å². The summed E-state index contributed by atoms with van der Waals surface area (Å²) in [5.41, 5.74) is 1.31. The zero-order valence-electron chi connectivity index (χ0n) is 38.6. The van der Waals surface area contributed by atoms with Crippen LogP contribution in [0.1, 0.15) is 13.8 Å². The summed E-state index contributed by atoms with van der Waals surface area (Å²) in [7, 11) is -21.4. The Hall–Kier alpha value is -6.78. The molecule has 6 aromatic rings. The van der Waals surface area contributed by atoms with Gasteiger partial charge in [-0.1, -0.05) is 0 Å². The van der Waals surface area contributed by atoms with Crippen LogP contribution in [0.15, 0.2) is 88.6 Å². The van der Waals surface area contributed by atoms with Crippen LogP contribution in [0.2, 0.25) is 10.6 Å². The molecule has 0 aliphatic rings. The van der Waals surface area contributed by atoms with Crippen molar-refractivity contribution in [2.24, 2.45) is 20.5 Å². The third kappa shape index (κ3) is 14.4. The number of nitrogens with two attached hydrogens (primary N) is 1. The average Bonchev–Trinajstić information content (AvgIpc) is 3.29. The molecule has 0 spiro atoms. The van der Waals surface area contributed by atoms with Crippen LogP contribution in [0.5, 0.6) is 5.75 Å². The molecule has 76 heavy (non-hydrogen) atoms. The van der Waals surface area contributed by atoms with Gasteiger partial charge < -0.3 is 51.7 Å². The fraction of sp³-hybridized carbons (Fsp3) is 0.263. The number of anilines is 7. The van der Waals surface area contributed by atoms with Crippen LogP contribution in [-0.4, -0.2) is 159 Å². The van der Waals surface area contributed by atoms with E-state index in [1.807, 2.05) is 0 Å². The first kappa shape index (κ1) is 58.5. The summed E-state index contributed by atoms with van der Waals surface area (Å²) >= 11 is 12.2. The number of halogens is 2. The maximum absolute atomic E-state index is 12.8. The Kier molecular flexibility index (Phi) is 17.9. The molecule has 2 atom stereocenters. The molecule has 0 radical (unpaired) electrons. The van der Waals surface area contributed by atoms with Gasteiger partial charge >= 0.3 is 0 Å². The number of rotatable bonds is 22. The van der Waals surface area contributed by atoms with Gasteiger partial charge in [0.25, 0.3) is 40.5 Å². The zero-order valence-corrected chi connectivity index (χ0v) is 43.4.